The van der Waals surface area contributed by atoms with Crippen LogP contribution in [0.1, 0.15) is 44.6 Å². The minimum atomic E-state index is -3.51. The molecule has 2 fully saturated rings. The van der Waals surface area contributed by atoms with Crippen LogP contribution in [0.2, 0.25) is 0 Å². The summed E-state index contributed by atoms with van der Waals surface area (Å²) >= 11 is 0. The van der Waals surface area contributed by atoms with E-state index in [9.17, 15) is 8.42 Å². The first-order valence-electron chi connectivity index (χ1n) is 8.23. The fourth-order valence-corrected chi connectivity index (χ4v) is 4.70. The molecule has 2 heterocycles. The van der Waals surface area contributed by atoms with Crippen LogP contribution in [-0.2, 0) is 21.5 Å². The summed E-state index contributed by atoms with van der Waals surface area (Å²) in [4.78, 5) is 0. The molecule has 1 aromatic rings. The molecule has 4 atom stereocenters. The second-order valence-corrected chi connectivity index (χ2v) is 9.00. The van der Waals surface area contributed by atoms with E-state index < -0.39 is 10.2 Å². The van der Waals surface area contributed by atoms with E-state index in [0.717, 1.165) is 12.2 Å². The molecule has 6 nitrogen and oxygen atoms in total. The largest absolute Gasteiger partial charge is 0.464 e. The minimum Gasteiger partial charge on any atom is -0.464 e. The van der Waals surface area contributed by atoms with Crippen LogP contribution in [0.4, 0.5) is 0 Å². The van der Waals surface area contributed by atoms with Crippen LogP contribution in [0, 0.1) is 5.92 Å². The van der Waals surface area contributed by atoms with E-state index in [2.05, 4.69) is 6.92 Å². The van der Waals surface area contributed by atoms with Gasteiger partial charge in [0.1, 0.15) is 11.5 Å². The monoisotopic (exact) mass is 342 g/mol. The van der Waals surface area contributed by atoms with Gasteiger partial charge in [-0.15, -0.1) is 0 Å². The fraction of sp³-hybridized carbons (Fsp3) is 0.750. The van der Waals surface area contributed by atoms with Crippen molar-refractivity contribution in [1.82, 2.24) is 8.61 Å². The topological polar surface area (TPSA) is 63.0 Å². The third-order valence-corrected chi connectivity index (χ3v) is 6.51. The smallest absolute Gasteiger partial charge is 0.282 e. The van der Waals surface area contributed by atoms with E-state index in [1.807, 2.05) is 26.0 Å². The fourth-order valence-electron chi connectivity index (χ4n) is 3.21. The van der Waals surface area contributed by atoms with Crippen LogP contribution in [0.3, 0.4) is 0 Å². The van der Waals surface area contributed by atoms with E-state index >= 15 is 0 Å². The average molecular weight is 342 g/mol. The summed E-state index contributed by atoms with van der Waals surface area (Å²) in [5, 5.41) is 0. The highest BCUT2D eigenvalue weighted by atomic mass is 32.2. The summed E-state index contributed by atoms with van der Waals surface area (Å²) in [6.07, 6.45) is 0.979. The lowest BCUT2D eigenvalue weighted by molar-refractivity contribution is -0.0453. The Bertz CT molecular complexity index is 647. The molecule has 0 aromatic carbocycles. The minimum absolute atomic E-state index is 0.0894. The van der Waals surface area contributed by atoms with Crippen LogP contribution in [0.25, 0.3) is 0 Å². The maximum absolute atomic E-state index is 12.7. The average Bonchev–Trinajstić information content (AvgIpc) is 3.01. The van der Waals surface area contributed by atoms with Crippen molar-refractivity contribution in [2.45, 2.75) is 51.9 Å². The first-order valence-corrected chi connectivity index (χ1v) is 9.62. The molecule has 3 rings (SSSR count). The van der Waals surface area contributed by atoms with Gasteiger partial charge in [0.2, 0.25) is 0 Å². The van der Waals surface area contributed by atoms with Crippen molar-refractivity contribution in [2.75, 3.05) is 20.1 Å². The van der Waals surface area contributed by atoms with Crippen molar-refractivity contribution in [3.8, 4) is 0 Å². The SMILES string of the molecule is C[C@@H]1CN(S(=O)(=O)N(C)Cc2ccc([C@@H]3C[C@H]3C)o2)C[C@@H](C)O1. The number of hydrogen-bond acceptors (Lipinski definition) is 4. The number of hydrogen-bond donors (Lipinski definition) is 0. The molecule has 1 aliphatic heterocycles. The summed E-state index contributed by atoms with van der Waals surface area (Å²) in [6, 6.07) is 3.86. The Balaban J connectivity index is 1.66. The molecule has 130 valence electrons. The highest BCUT2D eigenvalue weighted by molar-refractivity contribution is 7.86. The number of morpholine rings is 1. The molecule has 0 unspecified atom stereocenters. The highest BCUT2D eigenvalue weighted by Gasteiger charge is 2.37. The lowest BCUT2D eigenvalue weighted by atomic mass is 10.3. The molecular weight excluding hydrogens is 316 g/mol. The van der Waals surface area contributed by atoms with E-state index in [1.165, 1.54) is 8.61 Å². The summed E-state index contributed by atoms with van der Waals surface area (Å²) in [5.74, 6) is 2.85. The van der Waals surface area contributed by atoms with Gasteiger partial charge in [0.05, 0.1) is 18.8 Å². The van der Waals surface area contributed by atoms with Crippen molar-refractivity contribution in [3.05, 3.63) is 23.7 Å². The zero-order valence-electron chi connectivity index (χ0n) is 14.2. The Morgan fingerprint density at radius 3 is 2.39 bits per heavy atom. The molecule has 0 bridgehead atoms. The molecule has 1 aliphatic carbocycles. The van der Waals surface area contributed by atoms with Gasteiger partial charge in [0.25, 0.3) is 10.2 Å². The third kappa shape index (κ3) is 3.63. The van der Waals surface area contributed by atoms with Gasteiger partial charge >= 0.3 is 0 Å². The molecule has 1 saturated heterocycles. The van der Waals surface area contributed by atoms with E-state index in [0.29, 0.717) is 30.7 Å². The maximum atomic E-state index is 12.7. The quantitative estimate of drug-likeness (QED) is 0.823. The molecule has 1 saturated carbocycles. The van der Waals surface area contributed by atoms with Crippen molar-refractivity contribution >= 4 is 10.2 Å². The van der Waals surface area contributed by atoms with Crippen molar-refractivity contribution in [1.29, 1.82) is 0 Å². The van der Waals surface area contributed by atoms with Gasteiger partial charge in [-0.2, -0.15) is 17.0 Å². The Morgan fingerprint density at radius 1 is 1.22 bits per heavy atom. The molecular formula is C16H26N2O4S. The Labute approximate surface area is 138 Å². The number of furan rings is 1. The van der Waals surface area contributed by atoms with Gasteiger partial charge in [-0.3, -0.25) is 0 Å². The Morgan fingerprint density at radius 2 is 1.83 bits per heavy atom. The van der Waals surface area contributed by atoms with Crippen LogP contribution >= 0.6 is 0 Å². The Kier molecular flexibility index (Phi) is 4.57. The second-order valence-electron chi connectivity index (χ2n) is 6.96. The van der Waals surface area contributed by atoms with E-state index in [1.54, 1.807) is 7.05 Å². The summed E-state index contributed by atoms with van der Waals surface area (Å²) in [7, 11) is -1.91. The predicted molar refractivity (Wildman–Crippen MR) is 87.2 cm³/mol. The molecule has 7 heteroatoms. The van der Waals surface area contributed by atoms with Gasteiger partial charge in [0.15, 0.2) is 0 Å². The van der Waals surface area contributed by atoms with Crippen LogP contribution in [0.5, 0.6) is 0 Å². The molecule has 0 radical (unpaired) electrons. The van der Waals surface area contributed by atoms with Crippen molar-refractivity contribution < 1.29 is 17.6 Å². The van der Waals surface area contributed by atoms with Crippen molar-refractivity contribution in [2.24, 2.45) is 5.92 Å². The standard InChI is InChI=1S/C16H26N2O4S/c1-11-7-15(11)16-6-5-14(22-16)10-17(4)23(19,20)18-8-12(2)21-13(3)9-18/h5-6,11-13,15H,7-10H2,1-4H3/t11-,12-,13-,15-/m1/s1. The number of nitrogens with zero attached hydrogens (tertiary/aromatic N) is 2. The van der Waals surface area contributed by atoms with Gasteiger partial charge in [-0.05, 0) is 38.3 Å². The summed E-state index contributed by atoms with van der Waals surface area (Å²) in [6.45, 7) is 7.02. The molecule has 2 aliphatic rings. The van der Waals surface area contributed by atoms with E-state index in [-0.39, 0.29) is 18.8 Å². The number of ether oxygens (including phenoxy) is 1. The van der Waals surface area contributed by atoms with E-state index in [4.69, 9.17) is 9.15 Å². The lowest BCUT2D eigenvalue weighted by Gasteiger charge is -2.36. The van der Waals surface area contributed by atoms with Gasteiger partial charge in [-0.25, -0.2) is 0 Å². The molecule has 0 spiro atoms. The maximum Gasteiger partial charge on any atom is 0.282 e. The molecule has 0 amide bonds. The number of rotatable bonds is 5. The normalized spacial score (nSPS) is 32.4. The second kappa shape index (κ2) is 6.20. The van der Waals surface area contributed by atoms with Gasteiger partial charge < -0.3 is 9.15 Å². The van der Waals surface area contributed by atoms with Crippen molar-refractivity contribution in [3.63, 3.8) is 0 Å². The Hall–Kier alpha value is -0.890. The highest BCUT2D eigenvalue weighted by Crippen LogP contribution is 2.47. The third-order valence-electron chi connectivity index (χ3n) is 4.64. The first-order chi connectivity index (χ1) is 10.8. The van der Waals surface area contributed by atoms with Gasteiger partial charge in [0, 0.05) is 26.1 Å². The molecule has 23 heavy (non-hydrogen) atoms. The van der Waals surface area contributed by atoms with Crippen LogP contribution < -0.4 is 0 Å². The zero-order valence-corrected chi connectivity index (χ0v) is 15.0. The predicted octanol–water partition coefficient (Wildman–Crippen LogP) is 2.19. The zero-order chi connectivity index (χ0) is 16.8. The molecule has 1 aromatic heterocycles. The van der Waals surface area contributed by atoms with Crippen LogP contribution in [-0.4, -0.2) is 49.4 Å². The van der Waals surface area contributed by atoms with Crippen LogP contribution in [0.15, 0.2) is 16.5 Å². The first kappa shape index (κ1) is 17.0. The summed E-state index contributed by atoms with van der Waals surface area (Å²) in [5.41, 5.74) is 0. The molecule has 0 N–H and O–H groups in total. The van der Waals surface area contributed by atoms with Gasteiger partial charge in [-0.1, -0.05) is 6.92 Å². The summed E-state index contributed by atoms with van der Waals surface area (Å²) < 4.78 is 39.8. The lowest BCUT2D eigenvalue weighted by Crippen LogP contribution is -2.52.